The molecule has 18 heavy (non-hydrogen) atoms. The number of methoxy groups -OCH3 is 1. The van der Waals surface area contributed by atoms with Crippen LogP contribution < -0.4 is 9.62 Å². The Morgan fingerprint density at radius 1 is 1.28 bits per heavy atom. The highest BCUT2D eigenvalue weighted by Crippen LogP contribution is 2.27. The monoisotopic (exact) mass is 293 g/mol. The molecule has 0 bridgehead atoms. The molecule has 0 saturated heterocycles. The van der Waals surface area contributed by atoms with E-state index in [0.717, 1.165) is 0 Å². The van der Waals surface area contributed by atoms with Gasteiger partial charge >= 0.3 is 0 Å². The van der Waals surface area contributed by atoms with Crippen LogP contribution in [0.2, 0.25) is 5.02 Å². The van der Waals surface area contributed by atoms with Crippen molar-refractivity contribution in [2.24, 2.45) is 0 Å². The topological polar surface area (TPSA) is 64.6 Å². The average molecular weight is 294 g/mol. The van der Waals surface area contributed by atoms with E-state index >= 15 is 0 Å². The molecule has 0 heterocycles. The molecule has 0 saturated carbocycles. The van der Waals surface area contributed by atoms with Gasteiger partial charge in [-0.1, -0.05) is 16.5 Å². The number of halogens is 1. The Morgan fingerprint density at radius 2 is 1.89 bits per heavy atom. The Kier molecular flexibility index (Phi) is 4.61. The molecule has 1 aromatic rings. The van der Waals surface area contributed by atoms with Crippen molar-refractivity contribution >= 4 is 21.6 Å². The van der Waals surface area contributed by atoms with Crippen LogP contribution in [0.3, 0.4) is 0 Å². The lowest BCUT2D eigenvalue weighted by molar-refractivity contribution is -0.0358. The number of rotatable bonds is 4. The minimum Gasteiger partial charge on any atom is -0.495 e. The molecule has 0 spiro atoms. The lowest BCUT2D eigenvalue weighted by atomic mass is 10.2. The molecule has 0 atom stereocenters. The fourth-order valence-electron chi connectivity index (χ4n) is 1.09. The molecule has 0 radical (unpaired) electrons. The molecule has 7 heteroatoms. The Labute approximate surface area is 112 Å². The van der Waals surface area contributed by atoms with E-state index in [4.69, 9.17) is 21.2 Å². The molecule has 0 aromatic heterocycles. The van der Waals surface area contributed by atoms with Gasteiger partial charge < -0.3 is 4.74 Å². The van der Waals surface area contributed by atoms with E-state index in [1.54, 1.807) is 20.8 Å². The first-order valence-corrected chi connectivity index (χ1v) is 7.05. The van der Waals surface area contributed by atoms with E-state index in [2.05, 4.69) is 4.89 Å². The number of benzene rings is 1. The fraction of sp³-hybridized carbons (Fsp3) is 0.455. The van der Waals surface area contributed by atoms with Crippen molar-refractivity contribution in [2.45, 2.75) is 31.3 Å². The predicted octanol–water partition coefficient (Wildman–Crippen LogP) is 2.36. The smallest absolute Gasteiger partial charge is 0.266 e. The first-order chi connectivity index (χ1) is 8.15. The zero-order valence-corrected chi connectivity index (χ0v) is 12.2. The summed E-state index contributed by atoms with van der Waals surface area (Å²) in [5.41, 5.74) is -0.632. The number of hydrogen-bond donors (Lipinski definition) is 1. The van der Waals surface area contributed by atoms with Crippen molar-refractivity contribution in [2.75, 3.05) is 7.11 Å². The molecule has 102 valence electrons. The lowest BCUT2D eigenvalue weighted by Crippen LogP contribution is -2.33. The van der Waals surface area contributed by atoms with Gasteiger partial charge in [0.1, 0.15) is 10.6 Å². The van der Waals surface area contributed by atoms with Crippen LogP contribution in [0.15, 0.2) is 23.1 Å². The van der Waals surface area contributed by atoms with Gasteiger partial charge in [-0.2, -0.15) is 0 Å². The van der Waals surface area contributed by atoms with E-state index < -0.39 is 15.6 Å². The molecule has 0 aliphatic rings. The van der Waals surface area contributed by atoms with Crippen LogP contribution in [0.5, 0.6) is 5.75 Å². The number of sulfonamides is 1. The van der Waals surface area contributed by atoms with Crippen LogP contribution in [0, 0.1) is 0 Å². The molecule has 0 aliphatic heterocycles. The van der Waals surface area contributed by atoms with E-state index in [-0.39, 0.29) is 10.6 Å². The summed E-state index contributed by atoms with van der Waals surface area (Å²) in [6.07, 6.45) is 0. The van der Waals surface area contributed by atoms with Crippen LogP contribution >= 0.6 is 11.6 Å². The number of hydrogen-bond acceptors (Lipinski definition) is 4. The second-order valence-electron chi connectivity index (χ2n) is 4.60. The van der Waals surface area contributed by atoms with Gasteiger partial charge in [-0.3, -0.25) is 4.84 Å². The van der Waals surface area contributed by atoms with Gasteiger partial charge in [0, 0.05) is 11.1 Å². The predicted molar refractivity (Wildman–Crippen MR) is 69.2 cm³/mol. The first-order valence-electron chi connectivity index (χ1n) is 5.19. The normalized spacial score (nSPS) is 12.5. The molecule has 1 aromatic carbocycles. The minimum atomic E-state index is -3.81. The van der Waals surface area contributed by atoms with Gasteiger partial charge in [0.05, 0.1) is 12.7 Å². The summed E-state index contributed by atoms with van der Waals surface area (Å²) in [4.78, 5) is 7.08. The number of nitrogens with one attached hydrogen (secondary N) is 1. The molecular weight excluding hydrogens is 278 g/mol. The maximum atomic E-state index is 12.0. The van der Waals surface area contributed by atoms with Crippen molar-refractivity contribution in [3.05, 3.63) is 23.2 Å². The Bertz CT molecular complexity index is 522. The van der Waals surface area contributed by atoms with Gasteiger partial charge in [-0.25, -0.2) is 8.42 Å². The Morgan fingerprint density at radius 3 is 2.39 bits per heavy atom. The van der Waals surface area contributed by atoms with Gasteiger partial charge in [0.2, 0.25) is 0 Å². The van der Waals surface area contributed by atoms with E-state index in [1.165, 1.54) is 25.3 Å². The van der Waals surface area contributed by atoms with Gasteiger partial charge in [0.15, 0.2) is 0 Å². The Balaban J connectivity index is 3.05. The zero-order valence-electron chi connectivity index (χ0n) is 10.7. The summed E-state index contributed by atoms with van der Waals surface area (Å²) >= 11 is 5.77. The maximum absolute atomic E-state index is 12.0. The third kappa shape index (κ3) is 4.13. The standard InChI is InChI=1S/C11H16ClNO4S/c1-11(2,3)17-13-18(14,15)10-6-5-8(12)7-9(10)16-4/h5-7,13H,1-4H3. The summed E-state index contributed by atoms with van der Waals surface area (Å²) < 4.78 is 29.0. The highest BCUT2D eigenvalue weighted by Gasteiger charge is 2.22. The average Bonchev–Trinajstić information content (AvgIpc) is 2.25. The van der Waals surface area contributed by atoms with Crippen molar-refractivity contribution in [1.82, 2.24) is 4.89 Å². The second-order valence-corrected chi connectivity index (χ2v) is 6.65. The largest absolute Gasteiger partial charge is 0.495 e. The van der Waals surface area contributed by atoms with Crippen LogP contribution in [0.1, 0.15) is 20.8 Å². The third-order valence-electron chi connectivity index (χ3n) is 1.87. The van der Waals surface area contributed by atoms with E-state index in [9.17, 15) is 8.42 Å². The van der Waals surface area contributed by atoms with E-state index in [0.29, 0.717) is 5.02 Å². The molecule has 0 fully saturated rings. The summed E-state index contributed by atoms with van der Waals surface area (Å²) in [6, 6.07) is 4.25. The van der Waals surface area contributed by atoms with Crippen molar-refractivity contribution in [3.63, 3.8) is 0 Å². The van der Waals surface area contributed by atoms with Gasteiger partial charge in [-0.05, 0) is 32.9 Å². The molecule has 1 rings (SSSR count). The Hall–Kier alpha value is -0.820. The van der Waals surface area contributed by atoms with Crippen molar-refractivity contribution in [3.8, 4) is 5.75 Å². The molecule has 5 nitrogen and oxygen atoms in total. The summed E-state index contributed by atoms with van der Waals surface area (Å²) in [7, 11) is -2.44. The molecule has 1 N–H and O–H groups in total. The van der Waals surface area contributed by atoms with Gasteiger partial charge in [0.25, 0.3) is 10.0 Å². The van der Waals surface area contributed by atoms with Crippen LogP contribution in [0.4, 0.5) is 0 Å². The van der Waals surface area contributed by atoms with Crippen LogP contribution in [-0.4, -0.2) is 21.1 Å². The molecular formula is C11H16ClNO4S. The SMILES string of the molecule is COc1cc(Cl)ccc1S(=O)(=O)NOC(C)(C)C. The summed E-state index contributed by atoms with van der Waals surface area (Å²) in [5, 5.41) is 0.391. The highest BCUT2D eigenvalue weighted by molar-refractivity contribution is 7.89. The highest BCUT2D eigenvalue weighted by atomic mass is 35.5. The maximum Gasteiger partial charge on any atom is 0.266 e. The van der Waals surface area contributed by atoms with Crippen LogP contribution in [0.25, 0.3) is 0 Å². The third-order valence-corrected chi connectivity index (χ3v) is 3.33. The molecule has 0 amide bonds. The zero-order chi connectivity index (χ0) is 14.0. The van der Waals surface area contributed by atoms with Crippen molar-refractivity contribution < 1.29 is 18.0 Å². The first kappa shape index (κ1) is 15.2. The molecule has 0 unspecified atom stereocenters. The quantitative estimate of drug-likeness (QED) is 0.866. The van der Waals surface area contributed by atoms with Gasteiger partial charge in [-0.15, -0.1) is 0 Å². The number of ether oxygens (including phenoxy) is 1. The second kappa shape index (κ2) is 5.44. The summed E-state index contributed by atoms with van der Waals surface area (Å²) in [6.45, 7) is 5.19. The van der Waals surface area contributed by atoms with Crippen molar-refractivity contribution in [1.29, 1.82) is 0 Å². The lowest BCUT2D eigenvalue weighted by Gasteiger charge is -2.19. The fourth-order valence-corrected chi connectivity index (χ4v) is 2.35. The van der Waals surface area contributed by atoms with Crippen LogP contribution in [-0.2, 0) is 14.9 Å². The summed E-state index contributed by atoms with van der Waals surface area (Å²) in [5.74, 6) is 0.160. The minimum absolute atomic E-state index is 0.0290. The molecule has 0 aliphatic carbocycles. The van der Waals surface area contributed by atoms with E-state index in [1.807, 2.05) is 0 Å².